The maximum atomic E-state index is 14.4. The first-order valence-corrected chi connectivity index (χ1v) is 12.4. The first-order valence-electron chi connectivity index (χ1n) is 10.1. The minimum atomic E-state index is -4.00. The zero-order valence-corrected chi connectivity index (χ0v) is 19.0. The molecule has 3 aromatic rings. The number of nitrogens with one attached hydrogen (secondary N) is 1. The highest BCUT2D eigenvalue weighted by molar-refractivity contribution is 7.89. The van der Waals surface area contributed by atoms with Gasteiger partial charge in [-0.2, -0.15) is 4.31 Å². The molecule has 0 aliphatic carbocycles. The van der Waals surface area contributed by atoms with Crippen molar-refractivity contribution in [2.24, 2.45) is 0 Å². The molecule has 168 valence electrons. The molecule has 1 aliphatic rings. The van der Waals surface area contributed by atoms with Crippen molar-refractivity contribution in [1.82, 2.24) is 9.29 Å². The standard InChI is InChI=1S/C22H22FN3O4S2/c1-30-17-8-5-15(6-9-17)19-14-31-22(24-19)25-21(27)16-7-10-18(23)20(13-16)32(28,29)26-11-3-2-4-12-26/h5-10,13-14H,2-4,11-12H2,1H3,(H,24,25,27). The number of piperidine rings is 1. The molecule has 32 heavy (non-hydrogen) atoms. The smallest absolute Gasteiger partial charge is 0.257 e. The molecule has 1 aromatic heterocycles. The van der Waals surface area contributed by atoms with E-state index in [1.807, 2.05) is 24.3 Å². The van der Waals surface area contributed by atoms with E-state index in [9.17, 15) is 17.6 Å². The highest BCUT2D eigenvalue weighted by Crippen LogP contribution is 2.28. The van der Waals surface area contributed by atoms with E-state index in [-0.39, 0.29) is 5.56 Å². The number of rotatable bonds is 6. The zero-order valence-electron chi connectivity index (χ0n) is 17.4. The number of hydrogen-bond acceptors (Lipinski definition) is 6. The van der Waals surface area contributed by atoms with Gasteiger partial charge in [-0.15, -0.1) is 11.3 Å². The number of nitrogens with zero attached hydrogens (tertiary/aromatic N) is 2. The van der Waals surface area contributed by atoms with Crippen LogP contribution in [0.5, 0.6) is 5.75 Å². The maximum Gasteiger partial charge on any atom is 0.257 e. The van der Waals surface area contributed by atoms with Crippen LogP contribution in [0.15, 0.2) is 52.7 Å². The van der Waals surface area contributed by atoms with Crippen molar-refractivity contribution in [3.63, 3.8) is 0 Å². The predicted molar refractivity (Wildman–Crippen MR) is 121 cm³/mol. The molecule has 10 heteroatoms. The molecular weight excluding hydrogens is 453 g/mol. The van der Waals surface area contributed by atoms with E-state index in [0.29, 0.717) is 23.9 Å². The fourth-order valence-corrected chi connectivity index (χ4v) is 5.80. The monoisotopic (exact) mass is 475 g/mol. The second-order valence-electron chi connectivity index (χ2n) is 7.33. The summed E-state index contributed by atoms with van der Waals surface area (Å²) in [4.78, 5) is 16.6. The van der Waals surface area contributed by atoms with Gasteiger partial charge in [0.2, 0.25) is 10.0 Å². The molecule has 1 amide bonds. The molecule has 0 saturated carbocycles. The number of ether oxygens (including phenoxy) is 1. The Morgan fingerprint density at radius 1 is 1.12 bits per heavy atom. The summed E-state index contributed by atoms with van der Waals surface area (Å²) in [7, 11) is -2.42. The fourth-order valence-electron chi connectivity index (χ4n) is 3.48. The molecule has 1 N–H and O–H groups in total. The average Bonchev–Trinajstić information content (AvgIpc) is 3.28. The number of sulfonamides is 1. The molecule has 0 radical (unpaired) electrons. The summed E-state index contributed by atoms with van der Waals surface area (Å²) >= 11 is 1.24. The van der Waals surface area contributed by atoms with Crippen molar-refractivity contribution in [2.45, 2.75) is 24.2 Å². The number of anilines is 1. The molecule has 1 aliphatic heterocycles. The predicted octanol–water partition coefficient (Wildman–Crippen LogP) is 4.38. The van der Waals surface area contributed by atoms with Crippen LogP contribution in [-0.4, -0.2) is 43.8 Å². The van der Waals surface area contributed by atoms with Gasteiger partial charge in [-0.1, -0.05) is 6.42 Å². The van der Waals surface area contributed by atoms with Crippen molar-refractivity contribution in [3.05, 3.63) is 59.2 Å². The Morgan fingerprint density at radius 2 is 1.84 bits per heavy atom. The molecule has 0 unspecified atom stereocenters. The highest BCUT2D eigenvalue weighted by atomic mass is 32.2. The van der Waals surface area contributed by atoms with Crippen LogP contribution in [0.1, 0.15) is 29.6 Å². The topological polar surface area (TPSA) is 88.6 Å². The lowest BCUT2D eigenvalue weighted by Crippen LogP contribution is -2.36. The summed E-state index contributed by atoms with van der Waals surface area (Å²) in [6.07, 6.45) is 2.42. The zero-order chi connectivity index (χ0) is 22.7. The van der Waals surface area contributed by atoms with E-state index in [1.165, 1.54) is 21.7 Å². The summed E-state index contributed by atoms with van der Waals surface area (Å²) < 4.78 is 46.6. The molecule has 2 aromatic carbocycles. The lowest BCUT2D eigenvalue weighted by molar-refractivity contribution is 0.102. The molecule has 2 heterocycles. The largest absolute Gasteiger partial charge is 0.497 e. The van der Waals surface area contributed by atoms with Crippen molar-refractivity contribution in [1.29, 1.82) is 0 Å². The fraction of sp³-hybridized carbons (Fsp3) is 0.273. The van der Waals surface area contributed by atoms with Crippen molar-refractivity contribution in [3.8, 4) is 17.0 Å². The van der Waals surface area contributed by atoms with Crippen molar-refractivity contribution < 1.29 is 22.3 Å². The molecule has 1 fully saturated rings. The Bertz CT molecular complexity index is 1220. The number of carbonyl (C=O) groups is 1. The first-order chi connectivity index (χ1) is 15.4. The number of benzene rings is 2. The Labute approximate surface area is 189 Å². The van der Waals surface area contributed by atoms with Gasteiger partial charge in [0.1, 0.15) is 16.5 Å². The Kier molecular flexibility index (Phi) is 6.54. The molecule has 4 rings (SSSR count). The van der Waals surface area contributed by atoms with Crippen LogP contribution in [0.25, 0.3) is 11.3 Å². The quantitative estimate of drug-likeness (QED) is 0.571. The van der Waals surface area contributed by atoms with Gasteiger partial charge in [0.15, 0.2) is 5.13 Å². The van der Waals surface area contributed by atoms with E-state index in [0.717, 1.165) is 42.7 Å². The summed E-state index contributed by atoms with van der Waals surface area (Å²) in [5, 5.41) is 4.81. The van der Waals surface area contributed by atoms with Crippen LogP contribution in [0.3, 0.4) is 0 Å². The van der Waals surface area contributed by atoms with Crippen LogP contribution >= 0.6 is 11.3 Å². The minimum Gasteiger partial charge on any atom is -0.497 e. The SMILES string of the molecule is COc1ccc(-c2csc(NC(=O)c3ccc(F)c(S(=O)(=O)N4CCCCC4)c3)n2)cc1. The number of carbonyl (C=O) groups excluding carboxylic acids is 1. The minimum absolute atomic E-state index is 0.0446. The van der Waals surface area contributed by atoms with E-state index >= 15 is 0 Å². The van der Waals surface area contributed by atoms with Crippen molar-refractivity contribution in [2.75, 3.05) is 25.5 Å². The van der Waals surface area contributed by atoms with E-state index < -0.39 is 26.6 Å². The van der Waals surface area contributed by atoms with Crippen LogP contribution in [0.2, 0.25) is 0 Å². The third-order valence-corrected chi connectivity index (χ3v) is 7.91. The van der Waals surface area contributed by atoms with E-state index in [4.69, 9.17) is 4.74 Å². The molecule has 0 atom stereocenters. The molecule has 7 nitrogen and oxygen atoms in total. The Hall–Kier alpha value is -2.82. The second-order valence-corrected chi connectivity index (χ2v) is 10.1. The summed E-state index contributed by atoms with van der Waals surface area (Å²) in [6.45, 7) is 0.705. The molecule has 1 saturated heterocycles. The molecular formula is C22H22FN3O4S2. The van der Waals surface area contributed by atoms with Gasteiger partial charge < -0.3 is 4.74 Å². The highest BCUT2D eigenvalue weighted by Gasteiger charge is 2.29. The van der Waals surface area contributed by atoms with Gasteiger partial charge in [-0.3, -0.25) is 10.1 Å². The van der Waals surface area contributed by atoms with Gasteiger partial charge in [-0.25, -0.2) is 17.8 Å². The third kappa shape index (κ3) is 4.67. The van der Waals surface area contributed by atoms with Gasteiger partial charge in [0.05, 0.1) is 12.8 Å². The normalized spacial score (nSPS) is 14.8. The van der Waals surface area contributed by atoms with Crippen LogP contribution in [0, 0.1) is 5.82 Å². The number of amides is 1. The number of thiazole rings is 1. The number of methoxy groups -OCH3 is 1. The summed E-state index contributed by atoms with van der Waals surface area (Å²) in [6, 6.07) is 10.7. The van der Waals surface area contributed by atoms with Crippen LogP contribution < -0.4 is 10.1 Å². The number of hydrogen-bond donors (Lipinski definition) is 1. The van der Waals surface area contributed by atoms with Gasteiger partial charge in [0.25, 0.3) is 5.91 Å². The van der Waals surface area contributed by atoms with Gasteiger partial charge in [-0.05, 0) is 55.3 Å². The molecule has 0 bridgehead atoms. The third-order valence-electron chi connectivity index (χ3n) is 5.24. The van der Waals surface area contributed by atoms with Crippen LogP contribution in [-0.2, 0) is 10.0 Å². The number of aromatic nitrogens is 1. The Morgan fingerprint density at radius 3 is 2.53 bits per heavy atom. The van der Waals surface area contributed by atoms with Gasteiger partial charge >= 0.3 is 0 Å². The first kappa shape index (κ1) is 22.4. The average molecular weight is 476 g/mol. The molecule has 0 spiro atoms. The second kappa shape index (κ2) is 9.35. The van der Waals surface area contributed by atoms with Gasteiger partial charge in [0, 0.05) is 29.6 Å². The lowest BCUT2D eigenvalue weighted by atomic mass is 10.2. The Balaban J connectivity index is 1.53. The van der Waals surface area contributed by atoms with E-state index in [2.05, 4.69) is 10.3 Å². The maximum absolute atomic E-state index is 14.4. The van der Waals surface area contributed by atoms with Crippen molar-refractivity contribution >= 4 is 32.4 Å². The van der Waals surface area contributed by atoms with Crippen LogP contribution in [0.4, 0.5) is 9.52 Å². The summed E-state index contributed by atoms with van der Waals surface area (Å²) in [5.74, 6) is -0.706. The summed E-state index contributed by atoms with van der Waals surface area (Å²) in [5.41, 5.74) is 1.59. The lowest BCUT2D eigenvalue weighted by Gasteiger charge is -2.26. The van der Waals surface area contributed by atoms with E-state index in [1.54, 1.807) is 12.5 Å². The number of halogens is 1.